The Morgan fingerprint density at radius 1 is 1.33 bits per heavy atom. The van der Waals surface area contributed by atoms with Crippen LogP contribution in [0.15, 0.2) is 18.2 Å². The predicted octanol–water partition coefficient (Wildman–Crippen LogP) is 1.04. The Labute approximate surface area is 106 Å². The molecule has 1 saturated heterocycles. The van der Waals surface area contributed by atoms with E-state index in [0.29, 0.717) is 18.7 Å². The van der Waals surface area contributed by atoms with Crippen LogP contribution in [0.1, 0.15) is 5.56 Å². The van der Waals surface area contributed by atoms with E-state index in [0.717, 1.165) is 25.7 Å². The number of halogens is 2. The molecule has 1 unspecified atom stereocenters. The van der Waals surface area contributed by atoms with Gasteiger partial charge in [0.05, 0.1) is 0 Å². The van der Waals surface area contributed by atoms with Crippen LogP contribution in [0.3, 0.4) is 0 Å². The largest absolute Gasteiger partial charge is 0.329 e. The van der Waals surface area contributed by atoms with Crippen molar-refractivity contribution in [3.63, 3.8) is 0 Å². The molecule has 0 amide bonds. The second kappa shape index (κ2) is 5.73. The van der Waals surface area contributed by atoms with E-state index in [-0.39, 0.29) is 6.04 Å². The molecule has 0 aliphatic carbocycles. The number of hydrogen-bond donors (Lipinski definition) is 1. The molecule has 2 N–H and O–H groups in total. The highest BCUT2D eigenvalue weighted by Gasteiger charge is 2.25. The molecule has 0 radical (unpaired) electrons. The van der Waals surface area contributed by atoms with Crippen LogP contribution in [-0.2, 0) is 6.54 Å². The van der Waals surface area contributed by atoms with Crippen LogP contribution in [0.25, 0.3) is 0 Å². The maximum absolute atomic E-state index is 13.6. The standard InChI is InChI=1S/C13H19F2N3/c1-17-5-6-18(11(7-16)9-17)8-10-3-2-4-12(14)13(10)15/h2-4,11H,5-9,16H2,1H3. The van der Waals surface area contributed by atoms with E-state index < -0.39 is 11.6 Å². The summed E-state index contributed by atoms with van der Waals surface area (Å²) >= 11 is 0. The molecule has 3 nitrogen and oxygen atoms in total. The van der Waals surface area contributed by atoms with E-state index in [9.17, 15) is 8.78 Å². The molecule has 0 saturated carbocycles. The first-order chi connectivity index (χ1) is 8.61. The minimum absolute atomic E-state index is 0.200. The fraction of sp³-hybridized carbons (Fsp3) is 0.538. The first kappa shape index (κ1) is 13.4. The number of nitrogens with two attached hydrogens (primary N) is 1. The van der Waals surface area contributed by atoms with E-state index in [1.807, 2.05) is 7.05 Å². The molecule has 1 aliphatic rings. The van der Waals surface area contributed by atoms with Crippen molar-refractivity contribution in [3.05, 3.63) is 35.4 Å². The van der Waals surface area contributed by atoms with Crippen LogP contribution >= 0.6 is 0 Å². The van der Waals surface area contributed by atoms with Crippen LogP contribution in [0.4, 0.5) is 8.78 Å². The average molecular weight is 255 g/mol. The first-order valence-corrected chi connectivity index (χ1v) is 6.17. The third kappa shape index (κ3) is 2.85. The highest BCUT2D eigenvalue weighted by molar-refractivity contribution is 5.19. The van der Waals surface area contributed by atoms with Gasteiger partial charge in [-0.1, -0.05) is 12.1 Å². The van der Waals surface area contributed by atoms with Gasteiger partial charge in [0.25, 0.3) is 0 Å². The van der Waals surface area contributed by atoms with Gasteiger partial charge < -0.3 is 10.6 Å². The lowest BCUT2D eigenvalue weighted by molar-refractivity contribution is 0.0869. The Kier molecular flexibility index (Phi) is 4.27. The van der Waals surface area contributed by atoms with Crippen LogP contribution in [0.5, 0.6) is 0 Å². The molecule has 1 fully saturated rings. The van der Waals surface area contributed by atoms with E-state index in [2.05, 4.69) is 9.80 Å². The van der Waals surface area contributed by atoms with Gasteiger partial charge in [0, 0.05) is 44.3 Å². The third-order valence-electron chi connectivity index (χ3n) is 3.48. The van der Waals surface area contributed by atoms with Crippen molar-refractivity contribution < 1.29 is 8.78 Å². The SMILES string of the molecule is CN1CCN(Cc2cccc(F)c2F)C(CN)C1. The van der Waals surface area contributed by atoms with Crippen molar-refractivity contribution in [2.75, 3.05) is 33.2 Å². The molecule has 100 valence electrons. The number of rotatable bonds is 3. The van der Waals surface area contributed by atoms with Gasteiger partial charge in [-0.3, -0.25) is 4.90 Å². The van der Waals surface area contributed by atoms with E-state index in [1.54, 1.807) is 12.1 Å². The van der Waals surface area contributed by atoms with Crippen LogP contribution in [-0.4, -0.2) is 49.1 Å². The monoisotopic (exact) mass is 255 g/mol. The summed E-state index contributed by atoms with van der Waals surface area (Å²) in [5, 5.41) is 0. The van der Waals surface area contributed by atoms with Gasteiger partial charge in [-0.05, 0) is 13.1 Å². The second-order valence-corrected chi connectivity index (χ2v) is 4.84. The molecule has 1 heterocycles. The number of hydrogen-bond acceptors (Lipinski definition) is 3. The molecule has 5 heteroatoms. The van der Waals surface area contributed by atoms with Crippen LogP contribution in [0, 0.1) is 11.6 Å². The average Bonchev–Trinajstić information content (AvgIpc) is 2.37. The molecule has 0 spiro atoms. The summed E-state index contributed by atoms with van der Waals surface area (Å²) in [6, 6.07) is 4.51. The maximum atomic E-state index is 13.6. The van der Waals surface area contributed by atoms with Crippen LogP contribution in [0.2, 0.25) is 0 Å². The smallest absolute Gasteiger partial charge is 0.163 e. The summed E-state index contributed by atoms with van der Waals surface area (Å²) in [7, 11) is 2.04. The minimum Gasteiger partial charge on any atom is -0.329 e. The molecule has 1 atom stereocenters. The first-order valence-electron chi connectivity index (χ1n) is 6.17. The molecular weight excluding hydrogens is 236 g/mol. The molecule has 0 aromatic heterocycles. The molecular formula is C13H19F2N3. The molecule has 1 aromatic carbocycles. The van der Waals surface area contributed by atoms with Gasteiger partial charge >= 0.3 is 0 Å². The normalized spacial score (nSPS) is 22.3. The van der Waals surface area contributed by atoms with Gasteiger partial charge in [0.2, 0.25) is 0 Å². The second-order valence-electron chi connectivity index (χ2n) is 4.84. The van der Waals surface area contributed by atoms with E-state index in [1.165, 1.54) is 0 Å². The fourth-order valence-electron chi connectivity index (χ4n) is 2.37. The van der Waals surface area contributed by atoms with Gasteiger partial charge in [0.15, 0.2) is 11.6 Å². The van der Waals surface area contributed by atoms with Crippen molar-refractivity contribution in [3.8, 4) is 0 Å². The highest BCUT2D eigenvalue weighted by Crippen LogP contribution is 2.17. The van der Waals surface area contributed by atoms with E-state index >= 15 is 0 Å². The van der Waals surface area contributed by atoms with Crippen molar-refractivity contribution >= 4 is 0 Å². The summed E-state index contributed by atoms with van der Waals surface area (Å²) in [5.41, 5.74) is 6.14. The van der Waals surface area contributed by atoms with Crippen LogP contribution < -0.4 is 5.73 Å². The number of benzene rings is 1. The van der Waals surface area contributed by atoms with Gasteiger partial charge in [-0.2, -0.15) is 0 Å². The van der Waals surface area contributed by atoms with Crippen molar-refractivity contribution in [2.45, 2.75) is 12.6 Å². The summed E-state index contributed by atoms with van der Waals surface area (Å²) in [4.78, 5) is 4.33. The lowest BCUT2D eigenvalue weighted by Gasteiger charge is -2.39. The Morgan fingerprint density at radius 3 is 2.83 bits per heavy atom. The lowest BCUT2D eigenvalue weighted by Crippen LogP contribution is -2.54. The lowest BCUT2D eigenvalue weighted by atomic mass is 10.1. The Morgan fingerprint density at radius 2 is 2.11 bits per heavy atom. The zero-order chi connectivity index (χ0) is 13.1. The maximum Gasteiger partial charge on any atom is 0.163 e. The molecule has 2 rings (SSSR count). The molecule has 1 aliphatic heterocycles. The highest BCUT2D eigenvalue weighted by atomic mass is 19.2. The molecule has 1 aromatic rings. The van der Waals surface area contributed by atoms with Crippen molar-refractivity contribution in [1.29, 1.82) is 0 Å². The zero-order valence-electron chi connectivity index (χ0n) is 10.6. The van der Waals surface area contributed by atoms with Gasteiger partial charge in [0.1, 0.15) is 0 Å². The summed E-state index contributed by atoms with van der Waals surface area (Å²) < 4.78 is 26.8. The number of likely N-dealkylation sites (N-methyl/N-ethyl adjacent to an activating group) is 1. The fourth-order valence-corrected chi connectivity index (χ4v) is 2.37. The van der Waals surface area contributed by atoms with Gasteiger partial charge in [-0.15, -0.1) is 0 Å². The molecule has 18 heavy (non-hydrogen) atoms. The van der Waals surface area contributed by atoms with Crippen molar-refractivity contribution in [1.82, 2.24) is 9.80 Å². The Bertz CT molecular complexity index is 411. The zero-order valence-corrected chi connectivity index (χ0v) is 10.6. The topological polar surface area (TPSA) is 32.5 Å². The summed E-state index contributed by atoms with van der Waals surface area (Å²) in [6.45, 7) is 3.57. The Balaban J connectivity index is 2.10. The quantitative estimate of drug-likeness (QED) is 0.876. The summed E-state index contributed by atoms with van der Waals surface area (Å²) in [5.74, 6) is -1.53. The van der Waals surface area contributed by atoms with E-state index in [4.69, 9.17) is 5.73 Å². The minimum atomic E-state index is -0.786. The number of piperazine rings is 1. The van der Waals surface area contributed by atoms with Crippen molar-refractivity contribution in [2.24, 2.45) is 5.73 Å². The number of nitrogens with zero attached hydrogens (tertiary/aromatic N) is 2. The third-order valence-corrected chi connectivity index (χ3v) is 3.48. The Hall–Kier alpha value is -1.04. The predicted molar refractivity (Wildman–Crippen MR) is 67.1 cm³/mol. The summed E-state index contributed by atoms with van der Waals surface area (Å²) in [6.07, 6.45) is 0. The van der Waals surface area contributed by atoms with Gasteiger partial charge in [-0.25, -0.2) is 8.78 Å². The molecule has 0 bridgehead atoms.